The monoisotopic (exact) mass is 517 g/mol. The van der Waals surface area contributed by atoms with Crippen molar-refractivity contribution in [3.63, 3.8) is 0 Å². The quantitative estimate of drug-likeness (QED) is 0.248. The molecule has 1 atom stereocenters. The molecule has 7 nitrogen and oxygen atoms in total. The number of ether oxygens (including phenoxy) is 2. The summed E-state index contributed by atoms with van der Waals surface area (Å²) >= 11 is 0. The van der Waals surface area contributed by atoms with Gasteiger partial charge in [0.1, 0.15) is 18.2 Å². The van der Waals surface area contributed by atoms with E-state index in [1.807, 2.05) is 34.9 Å². The van der Waals surface area contributed by atoms with Crippen LogP contribution < -0.4 is 4.74 Å². The van der Waals surface area contributed by atoms with Crippen LogP contribution in [0.15, 0.2) is 84.9 Å². The molecule has 4 aromatic rings. The van der Waals surface area contributed by atoms with Crippen LogP contribution in [0.4, 0.5) is 4.39 Å². The summed E-state index contributed by atoms with van der Waals surface area (Å²) in [4.78, 5) is 23.5. The fourth-order valence-electron chi connectivity index (χ4n) is 4.32. The molecule has 196 valence electrons. The first kappa shape index (κ1) is 26.6. The maximum absolute atomic E-state index is 13.6. The van der Waals surface area contributed by atoms with Crippen LogP contribution in [0.3, 0.4) is 0 Å². The SMILES string of the molecule is CCOC(Cc1ccc(OCCn2c(-c3ccc(F)cc3)cc(C(=O)O)c2-c2ccccc2)cc1)C(=O)O. The number of nitrogens with zero attached hydrogens (tertiary/aromatic N) is 1. The number of halogens is 1. The zero-order chi connectivity index (χ0) is 27.1. The van der Waals surface area contributed by atoms with Gasteiger partial charge in [-0.3, -0.25) is 0 Å². The third kappa shape index (κ3) is 6.27. The fraction of sp³-hybridized carbons (Fsp3) is 0.200. The van der Waals surface area contributed by atoms with Gasteiger partial charge in [0.15, 0.2) is 6.10 Å². The molecule has 0 spiro atoms. The fourth-order valence-corrected chi connectivity index (χ4v) is 4.32. The van der Waals surface area contributed by atoms with Crippen LogP contribution in [0.25, 0.3) is 22.5 Å². The second-order valence-corrected chi connectivity index (χ2v) is 8.60. The molecule has 1 unspecified atom stereocenters. The van der Waals surface area contributed by atoms with Gasteiger partial charge < -0.3 is 24.3 Å². The largest absolute Gasteiger partial charge is 0.492 e. The van der Waals surface area contributed by atoms with E-state index in [1.165, 1.54) is 12.1 Å². The molecule has 0 aliphatic heterocycles. The molecule has 0 aliphatic carbocycles. The maximum atomic E-state index is 13.6. The average Bonchev–Trinajstić information content (AvgIpc) is 3.30. The summed E-state index contributed by atoms with van der Waals surface area (Å²) in [6, 6.07) is 23.9. The Kier molecular flexibility index (Phi) is 8.55. The molecule has 0 radical (unpaired) electrons. The Bertz CT molecular complexity index is 1380. The molecule has 3 aromatic carbocycles. The molecule has 8 heteroatoms. The van der Waals surface area contributed by atoms with Gasteiger partial charge in [-0.25, -0.2) is 14.0 Å². The number of carboxylic acid groups (broad SMARTS) is 2. The average molecular weight is 518 g/mol. The minimum absolute atomic E-state index is 0.141. The Morgan fingerprint density at radius 1 is 0.921 bits per heavy atom. The summed E-state index contributed by atoms with van der Waals surface area (Å²) in [5.41, 5.74) is 3.54. The van der Waals surface area contributed by atoms with Crippen molar-refractivity contribution in [2.75, 3.05) is 13.2 Å². The Morgan fingerprint density at radius 3 is 2.21 bits per heavy atom. The number of carbonyl (C=O) groups is 2. The van der Waals surface area contributed by atoms with E-state index >= 15 is 0 Å². The molecule has 38 heavy (non-hydrogen) atoms. The lowest BCUT2D eigenvalue weighted by Gasteiger charge is -2.16. The van der Waals surface area contributed by atoms with E-state index in [-0.39, 0.29) is 24.4 Å². The van der Waals surface area contributed by atoms with Gasteiger partial charge in [-0.1, -0.05) is 42.5 Å². The predicted molar refractivity (Wildman–Crippen MR) is 141 cm³/mol. The van der Waals surface area contributed by atoms with E-state index < -0.39 is 18.0 Å². The van der Waals surface area contributed by atoms with Crippen molar-refractivity contribution in [1.29, 1.82) is 0 Å². The van der Waals surface area contributed by atoms with Crippen molar-refractivity contribution in [3.05, 3.63) is 102 Å². The van der Waals surface area contributed by atoms with Crippen LogP contribution >= 0.6 is 0 Å². The second-order valence-electron chi connectivity index (χ2n) is 8.60. The normalized spacial score (nSPS) is 11.7. The lowest BCUT2D eigenvalue weighted by atomic mass is 10.1. The highest BCUT2D eigenvalue weighted by Crippen LogP contribution is 2.33. The van der Waals surface area contributed by atoms with Crippen molar-refractivity contribution in [3.8, 4) is 28.3 Å². The summed E-state index contributed by atoms with van der Waals surface area (Å²) < 4.78 is 26.7. The van der Waals surface area contributed by atoms with E-state index in [0.29, 0.717) is 35.9 Å². The van der Waals surface area contributed by atoms with Gasteiger partial charge in [0, 0.05) is 18.7 Å². The lowest BCUT2D eigenvalue weighted by Crippen LogP contribution is -2.26. The molecule has 0 fully saturated rings. The van der Waals surface area contributed by atoms with Crippen LogP contribution in [0.2, 0.25) is 0 Å². The van der Waals surface area contributed by atoms with Crippen LogP contribution in [0.1, 0.15) is 22.8 Å². The van der Waals surface area contributed by atoms with Gasteiger partial charge >= 0.3 is 11.9 Å². The molecule has 0 amide bonds. The molecule has 0 saturated heterocycles. The number of hydrogen-bond acceptors (Lipinski definition) is 4. The number of aromatic nitrogens is 1. The molecule has 0 aliphatic rings. The third-order valence-electron chi connectivity index (χ3n) is 6.09. The van der Waals surface area contributed by atoms with Crippen LogP contribution in [-0.4, -0.2) is 46.0 Å². The van der Waals surface area contributed by atoms with Gasteiger partial charge in [-0.05, 0) is 66.1 Å². The number of aliphatic carboxylic acids is 1. The minimum atomic E-state index is -1.06. The zero-order valence-corrected chi connectivity index (χ0v) is 20.8. The number of hydrogen-bond donors (Lipinski definition) is 2. The maximum Gasteiger partial charge on any atom is 0.337 e. The number of rotatable bonds is 12. The highest BCUT2D eigenvalue weighted by molar-refractivity contribution is 5.97. The van der Waals surface area contributed by atoms with Crippen molar-refractivity contribution in [1.82, 2.24) is 4.57 Å². The Labute approximate surface area is 219 Å². The van der Waals surface area contributed by atoms with Crippen molar-refractivity contribution >= 4 is 11.9 Å². The number of aromatic carboxylic acids is 1. The molecule has 4 rings (SSSR count). The second kappa shape index (κ2) is 12.2. The van der Waals surface area contributed by atoms with Crippen LogP contribution in [0.5, 0.6) is 5.75 Å². The summed E-state index contributed by atoms with van der Waals surface area (Å²) in [6.45, 7) is 2.63. The summed E-state index contributed by atoms with van der Waals surface area (Å²) in [5, 5.41) is 19.3. The molecule has 0 bridgehead atoms. The lowest BCUT2D eigenvalue weighted by molar-refractivity contribution is -0.149. The van der Waals surface area contributed by atoms with Crippen molar-refractivity contribution < 1.29 is 33.7 Å². The van der Waals surface area contributed by atoms with Crippen molar-refractivity contribution in [2.24, 2.45) is 0 Å². The summed E-state index contributed by atoms with van der Waals surface area (Å²) in [6.07, 6.45) is -0.670. The first-order valence-electron chi connectivity index (χ1n) is 12.2. The zero-order valence-electron chi connectivity index (χ0n) is 20.8. The predicted octanol–water partition coefficient (Wildman–Crippen LogP) is 5.77. The van der Waals surface area contributed by atoms with Crippen molar-refractivity contribution in [2.45, 2.75) is 26.0 Å². The van der Waals surface area contributed by atoms with Gasteiger partial charge in [0.05, 0.1) is 17.8 Å². The van der Waals surface area contributed by atoms with E-state index in [9.17, 15) is 24.2 Å². The van der Waals surface area contributed by atoms with E-state index in [2.05, 4.69) is 0 Å². The van der Waals surface area contributed by atoms with Gasteiger partial charge in [0.2, 0.25) is 0 Å². The van der Waals surface area contributed by atoms with Gasteiger partial charge in [0.25, 0.3) is 0 Å². The van der Waals surface area contributed by atoms with Crippen LogP contribution in [-0.2, 0) is 22.5 Å². The Morgan fingerprint density at radius 2 is 1.61 bits per heavy atom. The summed E-state index contributed by atoms with van der Waals surface area (Å²) in [7, 11) is 0. The number of carboxylic acids is 2. The van der Waals surface area contributed by atoms with Crippen LogP contribution in [0, 0.1) is 5.82 Å². The minimum Gasteiger partial charge on any atom is -0.492 e. The highest BCUT2D eigenvalue weighted by Gasteiger charge is 2.22. The number of benzene rings is 3. The van der Waals surface area contributed by atoms with Gasteiger partial charge in [-0.2, -0.15) is 0 Å². The topological polar surface area (TPSA) is 98.0 Å². The van der Waals surface area contributed by atoms with Gasteiger partial charge in [-0.15, -0.1) is 0 Å². The molecular weight excluding hydrogens is 489 g/mol. The van der Waals surface area contributed by atoms with E-state index in [0.717, 1.165) is 11.1 Å². The molecular formula is C30H28FNO6. The molecule has 2 N–H and O–H groups in total. The highest BCUT2D eigenvalue weighted by atomic mass is 19.1. The molecule has 1 heterocycles. The first-order valence-corrected chi connectivity index (χ1v) is 12.2. The standard InChI is InChI=1S/C30H28FNO6/c1-2-37-27(30(35)36)18-20-8-14-24(15-9-20)38-17-16-32-26(21-10-12-23(31)13-11-21)19-25(29(33)34)28(32)22-6-4-3-5-7-22/h3-15,19,27H,2,16-18H2,1H3,(H,33,34)(H,35,36). The van der Waals surface area contributed by atoms with E-state index in [1.54, 1.807) is 49.4 Å². The Hall–Kier alpha value is -4.43. The molecule has 1 aromatic heterocycles. The molecule has 0 saturated carbocycles. The Balaban J connectivity index is 1.58. The first-order chi connectivity index (χ1) is 18.4. The summed E-state index contributed by atoms with van der Waals surface area (Å²) in [5.74, 6) is -1.86. The third-order valence-corrected chi connectivity index (χ3v) is 6.09. The van der Waals surface area contributed by atoms with E-state index in [4.69, 9.17) is 9.47 Å². The smallest absolute Gasteiger partial charge is 0.337 e.